The number of Topliss-reactive ketones (excluding diaryl/α,β-unsaturated/α-hetero) is 1. The van der Waals surface area contributed by atoms with E-state index in [0.717, 1.165) is 46.6 Å². The molecule has 0 saturated heterocycles. The largest absolute Gasteiger partial charge is 0.328 e. The van der Waals surface area contributed by atoms with E-state index in [1.165, 1.54) is 6.33 Å². The van der Waals surface area contributed by atoms with Gasteiger partial charge in [0.05, 0.1) is 11.4 Å². The normalized spacial score (nSPS) is 17.8. The summed E-state index contributed by atoms with van der Waals surface area (Å²) in [5.41, 5.74) is 5.19. The molecule has 1 aliphatic heterocycles. The van der Waals surface area contributed by atoms with Gasteiger partial charge in [0, 0.05) is 47.4 Å². The molecule has 1 atom stereocenters. The van der Waals surface area contributed by atoms with Crippen molar-refractivity contribution in [3.05, 3.63) is 84.2 Å². The van der Waals surface area contributed by atoms with Crippen molar-refractivity contribution in [3.8, 4) is 16.9 Å². The van der Waals surface area contributed by atoms with Crippen LogP contribution in [0.3, 0.4) is 0 Å². The van der Waals surface area contributed by atoms with Crippen molar-refractivity contribution in [2.75, 3.05) is 5.32 Å². The third-order valence-corrected chi connectivity index (χ3v) is 5.80. The SMILES string of the molecule is O=C1CCCC2=C1[C@H](c1cn(-c3ccccc3)nc1-c1cccnc1)n1ncnc1N2. The van der Waals surface area contributed by atoms with E-state index in [1.807, 2.05) is 53.3 Å². The number of hydrogen-bond donors (Lipinski definition) is 1. The van der Waals surface area contributed by atoms with Gasteiger partial charge in [0.15, 0.2) is 5.78 Å². The molecule has 31 heavy (non-hydrogen) atoms. The van der Waals surface area contributed by atoms with Crippen LogP contribution < -0.4 is 5.32 Å². The average Bonchev–Trinajstić information content (AvgIpc) is 3.46. The van der Waals surface area contributed by atoms with Gasteiger partial charge in [-0.25, -0.2) is 9.36 Å². The Morgan fingerprint density at radius 2 is 1.97 bits per heavy atom. The number of aromatic nitrogens is 6. The van der Waals surface area contributed by atoms with Crippen LogP contribution in [0.1, 0.15) is 30.9 Å². The number of ketones is 1. The Morgan fingerprint density at radius 1 is 1.06 bits per heavy atom. The number of nitrogens with zero attached hydrogens (tertiary/aromatic N) is 6. The van der Waals surface area contributed by atoms with E-state index in [-0.39, 0.29) is 5.78 Å². The summed E-state index contributed by atoms with van der Waals surface area (Å²) in [5.74, 6) is 0.785. The van der Waals surface area contributed by atoms with Crippen molar-refractivity contribution in [1.82, 2.24) is 29.5 Å². The van der Waals surface area contributed by atoms with Gasteiger partial charge in [-0.3, -0.25) is 9.78 Å². The van der Waals surface area contributed by atoms with Gasteiger partial charge in [0.2, 0.25) is 5.95 Å². The van der Waals surface area contributed by atoms with Crippen molar-refractivity contribution in [3.63, 3.8) is 0 Å². The third-order valence-electron chi connectivity index (χ3n) is 5.80. The molecule has 2 aliphatic rings. The summed E-state index contributed by atoms with van der Waals surface area (Å²) in [7, 11) is 0. The summed E-state index contributed by atoms with van der Waals surface area (Å²) in [6, 6.07) is 13.4. The molecule has 4 aromatic rings. The fraction of sp³-hybridized carbons (Fsp3) is 0.174. The van der Waals surface area contributed by atoms with Crippen LogP contribution in [0.5, 0.6) is 0 Å². The molecule has 0 spiro atoms. The summed E-state index contributed by atoms with van der Waals surface area (Å²) in [5, 5.41) is 12.7. The molecule has 0 bridgehead atoms. The highest BCUT2D eigenvalue weighted by Crippen LogP contribution is 2.42. The van der Waals surface area contributed by atoms with Crippen LogP contribution in [-0.4, -0.2) is 35.3 Å². The lowest BCUT2D eigenvalue weighted by Crippen LogP contribution is -2.31. The van der Waals surface area contributed by atoms with Gasteiger partial charge >= 0.3 is 0 Å². The van der Waals surface area contributed by atoms with E-state index in [0.29, 0.717) is 12.4 Å². The summed E-state index contributed by atoms with van der Waals surface area (Å²) in [6.07, 6.45) is 9.24. The maximum absolute atomic E-state index is 13.1. The first kappa shape index (κ1) is 17.8. The van der Waals surface area contributed by atoms with E-state index in [4.69, 9.17) is 5.10 Å². The Balaban J connectivity index is 1.61. The number of carbonyl (C=O) groups excluding carboxylic acids is 1. The molecule has 6 rings (SSSR count). The first-order valence-corrected chi connectivity index (χ1v) is 10.3. The lowest BCUT2D eigenvalue weighted by atomic mass is 9.85. The minimum absolute atomic E-state index is 0.143. The highest BCUT2D eigenvalue weighted by atomic mass is 16.1. The minimum Gasteiger partial charge on any atom is -0.328 e. The predicted molar refractivity (Wildman–Crippen MR) is 114 cm³/mol. The molecule has 1 N–H and O–H groups in total. The number of fused-ring (bicyclic) bond motifs is 1. The number of pyridine rings is 1. The lowest BCUT2D eigenvalue weighted by molar-refractivity contribution is -0.116. The number of anilines is 1. The van der Waals surface area contributed by atoms with E-state index < -0.39 is 6.04 Å². The monoisotopic (exact) mass is 409 g/mol. The molecule has 0 saturated carbocycles. The molecule has 1 aromatic carbocycles. The fourth-order valence-corrected chi connectivity index (χ4v) is 4.41. The molecule has 1 aliphatic carbocycles. The van der Waals surface area contributed by atoms with E-state index in [1.54, 1.807) is 17.1 Å². The van der Waals surface area contributed by atoms with Crippen LogP contribution in [0.15, 0.2) is 78.7 Å². The fourth-order valence-electron chi connectivity index (χ4n) is 4.41. The molecular weight excluding hydrogens is 390 g/mol. The Bertz CT molecular complexity index is 1300. The topological polar surface area (TPSA) is 90.5 Å². The van der Waals surface area contributed by atoms with Crippen LogP contribution >= 0.6 is 0 Å². The Morgan fingerprint density at radius 3 is 2.81 bits per heavy atom. The van der Waals surface area contributed by atoms with Crippen LogP contribution in [0.25, 0.3) is 16.9 Å². The maximum atomic E-state index is 13.1. The van der Waals surface area contributed by atoms with Crippen molar-refractivity contribution in [1.29, 1.82) is 0 Å². The molecule has 0 unspecified atom stereocenters. The van der Waals surface area contributed by atoms with Gasteiger partial charge in [-0.1, -0.05) is 18.2 Å². The first-order valence-electron chi connectivity index (χ1n) is 10.3. The Labute approximate surface area is 178 Å². The lowest BCUT2D eigenvalue weighted by Gasteiger charge is -2.31. The van der Waals surface area contributed by atoms with Gasteiger partial charge in [0.1, 0.15) is 12.4 Å². The van der Waals surface area contributed by atoms with Gasteiger partial charge in [0.25, 0.3) is 0 Å². The van der Waals surface area contributed by atoms with E-state index in [2.05, 4.69) is 20.4 Å². The average molecular weight is 409 g/mol. The Hall–Kier alpha value is -4.07. The molecule has 0 radical (unpaired) electrons. The van der Waals surface area contributed by atoms with Gasteiger partial charge in [-0.2, -0.15) is 15.2 Å². The second-order valence-electron chi connectivity index (χ2n) is 7.68. The van der Waals surface area contributed by atoms with Crippen molar-refractivity contribution < 1.29 is 4.79 Å². The molecular formula is C23H19N7O. The number of carbonyl (C=O) groups is 1. The summed E-state index contributed by atoms with van der Waals surface area (Å²) in [6.45, 7) is 0. The summed E-state index contributed by atoms with van der Waals surface area (Å²) >= 11 is 0. The van der Waals surface area contributed by atoms with Crippen molar-refractivity contribution in [2.24, 2.45) is 0 Å². The second kappa shape index (κ2) is 7.02. The number of para-hydroxylation sites is 1. The van der Waals surface area contributed by atoms with Crippen LogP contribution in [0.4, 0.5) is 5.95 Å². The second-order valence-corrected chi connectivity index (χ2v) is 7.68. The van der Waals surface area contributed by atoms with E-state index in [9.17, 15) is 4.79 Å². The van der Waals surface area contributed by atoms with Crippen LogP contribution in [-0.2, 0) is 4.79 Å². The zero-order valence-electron chi connectivity index (χ0n) is 16.6. The standard InChI is InChI=1S/C23H19N7O/c31-19-10-4-9-18-20(19)22(30-23(27-18)25-14-26-30)17-13-29(16-7-2-1-3-8-16)28-21(17)15-6-5-11-24-12-15/h1-3,5-8,11-14,22H,4,9-10H2,(H,25,26,27)/t22-/m0/s1. The van der Waals surface area contributed by atoms with Gasteiger partial charge in [-0.05, 0) is 37.1 Å². The van der Waals surface area contributed by atoms with Crippen LogP contribution in [0, 0.1) is 0 Å². The quantitative estimate of drug-likeness (QED) is 0.557. The zero-order valence-corrected chi connectivity index (χ0v) is 16.6. The highest BCUT2D eigenvalue weighted by Gasteiger charge is 2.38. The number of hydrogen-bond acceptors (Lipinski definition) is 6. The van der Waals surface area contributed by atoms with Crippen LogP contribution in [0.2, 0.25) is 0 Å². The smallest absolute Gasteiger partial charge is 0.226 e. The van der Waals surface area contributed by atoms with Gasteiger partial charge < -0.3 is 5.32 Å². The maximum Gasteiger partial charge on any atom is 0.226 e. The Kier molecular flexibility index (Phi) is 4.02. The predicted octanol–water partition coefficient (Wildman–Crippen LogP) is 3.55. The van der Waals surface area contributed by atoms with Gasteiger partial charge in [-0.15, -0.1) is 0 Å². The molecule has 0 fully saturated rings. The molecule has 0 amide bonds. The third kappa shape index (κ3) is 2.87. The van der Waals surface area contributed by atoms with Crippen molar-refractivity contribution >= 4 is 11.7 Å². The number of allylic oxidation sites excluding steroid dienone is 2. The molecule has 4 heterocycles. The number of rotatable bonds is 3. The zero-order chi connectivity index (χ0) is 20.8. The minimum atomic E-state index is -0.394. The summed E-state index contributed by atoms with van der Waals surface area (Å²) < 4.78 is 3.64. The highest BCUT2D eigenvalue weighted by molar-refractivity contribution is 5.99. The number of benzene rings is 1. The molecule has 8 heteroatoms. The van der Waals surface area contributed by atoms with Crippen molar-refractivity contribution in [2.45, 2.75) is 25.3 Å². The van der Waals surface area contributed by atoms with E-state index >= 15 is 0 Å². The first-order chi connectivity index (χ1) is 15.3. The molecule has 152 valence electrons. The number of nitrogens with one attached hydrogen (secondary N) is 1. The molecule has 8 nitrogen and oxygen atoms in total. The molecule has 3 aromatic heterocycles. The summed E-state index contributed by atoms with van der Waals surface area (Å²) in [4.78, 5) is 21.7.